The molecule has 0 aromatic heterocycles. The molecule has 4 heteroatoms. The van der Waals surface area contributed by atoms with Gasteiger partial charge in [0.15, 0.2) is 0 Å². The molecule has 40 heavy (non-hydrogen) atoms. The highest BCUT2D eigenvalue weighted by molar-refractivity contribution is 7.24. The lowest BCUT2D eigenvalue weighted by atomic mass is 10.0. The maximum atomic E-state index is 2.49. The molecule has 0 radical (unpaired) electrons. The number of fused-ring (bicyclic) bond motifs is 6. The van der Waals surface area contributed by atoms with Crippen LogP contribution in [-0.2, 0) is 0 Å². The van der Waals surface area contributed by atoms with Crippen molar-refractivity contribution in [3.8, 4) is 33.6 Å². The zero-order valence-corrected chi connectivity index (χ0v) is 23.0. The lowest BCUT2D eigenvalue weighted by molar-refractivity contribution is 1.08. The van der Waals surface area contributed by atoms with Crippen LogP contribution in [-0.4, -0.2) is 9.13 Å². The average molecular weight is 547 g/mol. The summed E-state index contributed by atoms with van der Waals surface area (Å²) in [6.45, 7) is 0. The van der Waals surface area contributed by atoms with Crippen molar-refractivity contribution in [3.05, 3.63) is 133 Å². The van der Waals surface area contributed by atoms with Gasteiger partial charge < -0.3 is 9.13 Å². The first-order valence-electron chi connectivity index (χ1n) is 13.4. The van der Waals surface area contributed by atoms with E-state index in [1.165, 1.54) is 74.5 Å². The van der Waals surface area contributed by atoms with Gasteiger partial charge in [0.25, 0.3) is 0 Å². The van der Waals surface area contributed by atoms with Crippen molar-refractivity contribution in [1.82, 2.24) is 9.13 Å². The van der Waals surface area contributed by atoms with E-state index in [2.05, 4.69) is 143 Å². The fraction of sp³-hybridized carbons (Fsp3) is 0. The highest BCUT2D eigenvalue weighted by atomic mass is 32.1. The van der Waals surface area contributed by atoms with Crippen molar-refractivity contribution >= 4 is 63.5 Å². The summed E-state index contributed by atoms with van der Waals surface area (Å²) in [5, 5.41) is 0. The van der Waals surface area contributed by atoms with Gasteiger partial charge in [-0.1, -0.05) is 84.9 Å². The van der Waals surface area contributed by atoms with E-state index in [9.17, 15) is 0 Å². The second-order valence-electron chi connectivity index (χ2n) is 10.2. The molecule has 0 spiro atoms. The van der Waals surface area contributed by atoms with Crippen LogP contribution in [0.15, 0.2) is 133 Å². The third kappa shape index (κ3) is 3.15. The van der Waals surface area contributed by atoms with Crippen LogP contribution in [0.2, 0.25) is 0 Å². The number of hydrogen-bond acceptors (Lipinski definition) is 2. The largest absolute Gasteiger partial charge is 0.304 e. The standard InChI is InChI=1S/C36H22N2S2/c1-3-9-23(10-4-1)25-17-19-27-33(21-25)39-31-15-7-14-30-35(31)37(27)29-13-8-16-32-36(29)38(30)28-20-18-26(22-34(28)40-32)24-11-5-2-6-12-24/h1-22H. The number of hydrogen-bond donors (Lipinski definition) is 0. The van der Waals surface area contributed by atoms with E-state index < -0.39 is 0 Å². The first-order chi connectivity index (χ1) is 19.8. The molecule has 6 aromatic carbocycles. The maximum Gasteiger partial charge on any atom is 0.0878 e. The summed E-state index contributed by atoms with van der Waals surface area (Å²) >= 11 is 3.75. The quantitative estimate of drug-likeness (QED) is 0.151. The van der Waals surface area contributed by atoms with Crippen LogP contribution in [0.3, 0.4) is 0 Å². The first kappa shape index (κ1) is 22.2. The SMILES string of the molecule is c1ccc(-c2ccc3c(c2)sc2cccc4c2-n3c2cccc3sc5cc(-c6ccccc6)ccc5n4-c32)cc1. The Hall–Kier alpha value is -4.64. The molecule has 0 bridgehead atoms. The fourth-order valence-corrected chi connectivity index (χ4v) is 8.41. The van der Waals surface area contributed by atoms with Gasteiger partial charge in [-0.3, -0.25) is 0 Å². The van der Waals surface area contributed by atoms with Crippen molar-refractivity contribution in [2.24, 2.45) is 0 Å². The topological polar surface area (TPSA) is 9.86 Å². The normalized spacial score (nSPS) is 12.0. The van der Waals surface area contributed by atoms with Crippen LogP contribution in [0.5, 0.6) is 0 Å². The molecule has 6 aromatic rings. The van der Waals surface area contributed by atoms with E-state index in [1.54, 1.807) is 0 Å². The van der Waals surface area contributed by atoms with Crippen LogP contribution < -0.4 is 0 Å². The highest BCUT2D eigenvalue weighted by Crippen LogP contribution is 2.45. The lowest BCUT2D eigenvalue weighted by Gasteiger charge is -2.28. The number of aromatic nitrogens is 2. The molecule has 3 aliphatic heterocycles. The van der Waals surface area contributed by atoms with E-state index in [0.717, 1.165) is 0 Å². The van der Waals surface area contributed by atoms with E-state index in [1.807, 2.05) is 22.7 Å². The van der Waals surface area contributed by atoms with Gasteiger partial charge in [-0.05, 0) is 70.8 Å². The van der Waals surface area contributed by atoms with Gasteiger partial charge in [-0.2, -0.15) is 0 Å². The fourth-order valence-electron chi connectivity index (χ4n) is 6.16. The zero-order valence-electron chi connectivity index (χ0n) is 21.4. The summed E-state index contributed by atoms with van der Waals surface area (Å²) < 4.78 is 10.1. The Balaban J connectivity index is 1.42. The molecule has 0 aliphatic carbocycles. The molecule has 0 saturated heterocycles. The summed E-state index contributed by atoms with van der Waals surface area (Å²) in [7, 11) is 0. The minimum atomic E-state index is 1.23. The van der Waals surface area contributed by atoms with Crippen LogP contribution in [0.1, 0.15) is 0 Å². The molecule has 9 rings (SSSR count). The van der Waals surface area contributed by atoms with Crippen molar-refractivity contribution in [2.75, 3.05) is 0 Å². The summed E-state index contributed by atoms with van der Waals surface area (Å²) in [6, 6.07) is 48.7. The minimum absolute atomic E-state index is 1.23. The number of benzene rings is 6. The lowest BCUT2D eigenvalue weighted by Crippen LogP contribution is -2.13. The molecular weight excluding hydrogens is 525 g/mol. The van der Waals surface area contributed by atoms with E-state index >= 15 is 0 Å². The minimum Gasteiger partial charge on any atom is -0.304 e. The van der Waals surface area contributed by atoms with Gasteiger partial charge in [-0.25, -0.2) is 0 Å². The molecule has 0 atom stereocenters. The Kier molecular flexibility index (Phi) is 4.68. The van der Waals surface area contributed by atoms with Gasteiger partial charge in [0.1, 0.15) is 0 Å². The molecule has 0 saturated carbocycles. The first-order valence-corrected chi connectivity index (χ1v) is 15.1. The second-order valence-corrected chi connectivity index (χ2v) is 12.4. The molecular formula is C36H22N2S2. The van der Waals surface area contributed by atoms with Gasteiger partial charge >= 0.3 is 0 Å². The van der Waals surface area contributed by atoms with Crippen molar-refractivity contribution in [2.45, 2.75) is 0 Å². The molecule has 0 fully saturated rings. The molecule has 0 unspecified atom stereocenters. The third-order valence-corrected chi connectivity index (χ3v) is 10.1. The maximum absolute atomic E-state index is 2.49. The predicted molar refractivity (Wildman–Crippen MR) is 173 cm³/mol. The van der Waals surface area contributed by atoms with Crippen LogP contribution in [0.25, 0.3) is 74.5 Å². The third-order valence-electron chi connectivity index (χ3n) is 7.94. The predicted octanol–water partition coefficient (Wildman–Crippen LogP) is 10.8. The number of rotatable bonds is 2. The molecule has 3 aliphatic rings. The second kappa shape index (κ2) is 8.43. The van der Waals surface area contributed by atoms with E-state index in [4.69, 9.17) is 0 Å². The Morgan fingerprint density at radius 1 is 0.325 bits per heavy atom. The molecule has 0 N–H and O–H groups in total. The monoisotopic (exact) mass is 546 g/mol. The Morgan fingerprint density at radius 2 is 0.775 bits per heavy atom. The summed E-state index contributed by atoms with van der Waals surface area (Å²) in [5.74, 6) is 0. The highest BCUT2D eigenvalue weighted by Gasteiger charge is 2.24. The Morgan fingerprint density at radius 3 is 1.23 bits per heavy atom. The Bertz CT molecular complexity index is 2150. The number of para-hydroxylation sites is 2. The summed E-state index contributed by atoms with van der Waals surface area (Å²) in [4.78, 5) is 0. The smallest absolute Gasteiger partial charge is 0.0878 e. The van der Waals surface area contributed by atoms with Crippen molar-refractivity contribution in [1.29, 1.82) is 0 Å². The number of nitrogens with zero attached hydrogens (tertiary/aromatic N) is 2. The molecule has 2 nitrogen and oxygen atoms in total. The zero-order chi connectivity index (χ0) is 26.2. The van der Waals surface area contributed by atoms with Gasteiger partial charge in [0, 0.05) is 0 Å². The summed E-state index contributed by atoms with van der Waals surface area (Å²) in [6.07, 6.45) is 0. The van der Waals surface area contributed by atoms with Gasteiger partial charge in [0.05, 0.1) is 52.2 Å². The van der Waals surface area contributed by atoms with Crippen LogP contribution in [0.4, 0.5) is 0 Å². The van der Waals surface area contributed by atoms with Crippen LogP contribution in [0, 0.1) is 0 Å². The van der Waals surface area contributed by atoms with Gasteiger partial charge in [-0.15, -0.1) is 22.7 Å². The molecule has 0 amide bonds. The van der Waals surface area contributed by atoms with E-state index in [-0.39, 0.29) is 0 Å². The van der Waals surface area contributed by atoms with Crippen molar-refractivity contribution in [3.63, 3.8) is 0 Å². The van der Waals surface area contributed by atoms with Crippen molar-refractivity contribution < 1.29 is 0 Å². The molecule has 188 valence electrons. The molecule has 3 heterocycles. The summed E-state index contributed by atoms with van der Waals surface area (Å²) in [5.41, 5.74) is 12.5. The van der Waals surface area contributed by atoms with Crippen LogP contribution >= 0.6 is 22.7 Å². The van der Waals surface area contributed by atoms with Gasteiger partial charge in [0.2, 0.25) is 0 Å². The average Bonchev–Trinajstić information content (AvgIpc) is 3.02. The van der Waals surface area contributed by atoms with E-state index in [0.29, 0.717) is 0 Å². The Labute approximate surface area is 238 Å².